The van der Waals surface area contributed by atoms with Crippen LogP contribution in [0.2, 0.25) is 5.02 Å². The Hall–Kier alpha value is -3.27. The number of rotatable bonds is 9. The van der Waals surface area contributed by atoms with E-state index in [9.17, 15) is 9.18 Å². The first-order chi connectivity index (χ1) is 17.4. The molecule has 1 saturated carbocycles. The SMILES string of the molecule is CN(C)C/C=C/C(=O)Nc1cc2c(Nc3ccc(F)c(Cl)c3)ncnc2cc1OC[C@H]1[C@@H]2COC[C@@H]21. The van der Waals surface area contributed by atoms with Crippen LogP contribution >= 0.6 is 11.6 Å². The van der Waals surface area contributed by atoms with Gasteiger partial charge in [0, 0.05) is 35.7 Å². The van der Waals surface area contributed by atoms with Gasteiger partial charge in [-0.25, -0.2) is 14.4 Å². The molecule has 2 N–H and O–H groups in total. The first kappa shape index (κ1) is 24.4. The Bertz CT molecular complexity index is 1310. The number of nitrogens with zero attached hydrogens (tertiary/aromatic N) is 3. The molecule has 2 heterocycles. The number of amides is 1. The average Bonchev–Trinajstić information content (AvgIpc) is 3.26. The fourth-order valence-corrected chi connectivity index (χ4v) is 4.63. The van der Waals surface area contributed by atoms with E-state index in [1.54, 1.807) is 24.3 Å². The number of halogens is 2. The zero-order chi connectivity index (χ0) is 25.2. The van der Waals surface area contributed by atoms with Gasteiger partial charge < -0.3 is 25.0 Å². The second kappa shape index (κ2) is 10.4. The molecule has 2 aliphatic rings. The first-order valence-electron chi connectivity index (χ1n) is 11.7. The van der Waals surface area contributed by atoms with Crippen molar-refractivity contribution in [3.63, 3.8) is 0 Å². The lowest BCUT2D eigenvalue weighted by atomic mass is 10.1. The smallest absolute Gasteiger partial charge is 0.248 e. The van der Waals surface area contributed by atoms with Crippen molar-refractivity contribution in [1.29, 1.82) is 0 Å². The second-order valence-corrected chi connectivity index (χ2v) is 9.74. The number of benzene rings is 2. The molecule has 1 amide bonds. The predicted molar refractivity (Wildman–Crippen MR) is 137 cm³/mol. The van der Waals surface area contributed by atoms with Crippen LogP contribution in [0.5, 0.6) is 5.75 Å². The quantitative estimate of drug-likeness (QED) is 0.409. The third-order valence-electron chi connectivity index (χ3n) is 6.48. The topological polar surface area (TPSA) is 88.6 Å². The molecule has 3 atom stereocenters. The van der Waals surface area contributed by atoms with E-state index in [4.69, 9.17) is 21.1 Å². The lowest BCUT2D eigenvalue weighted by molar-refractivity contribution is -0.111. The molecule has 188 valence electrons. The number of nitrogens with one attached hydrogen (secondary N) is 2. The summed E-state index contributed by atoms with van der Waals surface area (Å²) < 4.78 is 25.3. The standard InChI is InChI=1S/C26H27ClFN5O3/c1-33(2)7-3-4-25(34)32-23-9-16-22(10-24(23)36-13-19-17-11-35-12-18(17)19)29-14-30-26(16)31-15-5-6-21(28)20(27)8-15/h3-6,8-10,14,17-19H,7,11-13H2,1-2H3,(H,32,34)(H,29,30,31)/b4-3+/t17-,18+,19+. The van der Waals surface area contributed by atoms with E-state index in [1.807, 2.05) is 19.0 Å². The van der Waals surface area contributed by atoms with Gasteiger partial charge in [0.15, 0.2) is 0 Å². The Morgan fingerprint density at radius 1 is 1.25 bits per heavy atom. The van der Waals surface area contributed by atoms with Crippen LogP contribution in [0.15, 0.2) is 48.8 Å². The van der Waals surface area contributed by atoms with Crippen molar-refractivity contribution in [3.8, 4) is 5.75 Å². The zero-order valence-corrected chi connectivity index (χ0v) is 20.8. The van der Waals surface area contributed by atoms with E-state index in [-0.39, 0.29) is 10.9 Å². The predicted octanol–water partition coefficient (Wildman–Crippen LogP) is 4.49. The van der Waals surface area contributed by atoms with Crippen molar-refractivity contribution < 1.29 is 18.7 Å². The molecule has 1 aromatic heterocycles. The Morgan fingerprint density at radius 3 is 2.81 bits per heavy atom. The average molecular weight is 512 g/mol. The van der Waals surface area contributed by atoms with E-state index in [0.717, 1.165) is 13.2 Å². The van der Waals surface area contributed by atoms with Crippen molar-refractivity contribution in [2.45, 2.75) is 0 Å². The summed E-state index contributed by atoms with van der Waals surface area (Å²) in [5.74, 6) is 1.82. The molecule has 8 nitrogen and oxygen atoms in total. The zero-order valence-electron chi connectivity index (χ0n) is 20.0. The van der Waals surface area contributed by atoms with Crippen molar-refractivity contribution in [2.75, 3.05) is 51.1 Å². The van der Waals surface area contributed by atoms with Crippen molar-refractivity contribution in [3.05, 3.63) is 59.7 Å². The fraction of sp³-hybridized carbons (Fsp3) is 0.346. The van der Waals surface area contributed by atoms with Gasteiger partial charge >= 0.3 is 0 Å². The lowest BCUT2D eigenvalue weighted by Crippen LogP contribution is -2.14. The molecule has 0 radical (unpaired) electrons. The van der Waals surface area contributed by atoms with Gasteiger partial charge in [0.1, 0.15) is 23.7 Å². The Morgan fingerprint density at radius 2 is 2.06 bits per heavy atom. The minimum atomic E-state index is -0.504. The molecule has 2 fully saturated rings. The Balaban J connectivity index is 1.43. The monoisotopic (exact) mass is 511 g/mol. The summed E-state index contributed by atoms with van der Waals surface area (Å²) in [4.78, 5) is 23.4. The van der Waals surface area contributed by atoms with Gasteiger partial charge in [-0.2, -0.15) is 0 Å². The number of hydrogen-bond donors (Lipinski definition) is 2. The van der Waals surface area contributed by atoms with Gasteiger partial charge in [0.25, 0.3) is 0 Å². The molecule has 0 unspecified atom stereocenters. The normalized spacial score (nSPS) is 20.6. The minimum absolute atomic E-state index is 0.00162. The van der Waals surface area contributed by atoms with E-state index in [1.165, 1.54) is 24.5 Å². The number of carbonyl (C=O) groups is 1. The summed E-state index contributed by atoms with van der Waals surface area (Å²) in [6.45, 7) is 2.76. The molecule has 0 bridgehead atoms. The molecule has 36 heavy (non-hydrogen) atoms. The van der Waals surface area contributed by atoms with E-state index in [0.29, 0.717) is 64.8 Å². The number of hydrogen-bond acceptors (Lipinski definition) is 7. The molecular weight excluding hydrogens is 485 g/mol. The number of carbonyl (C=O) groups excluding carboxylic acids is 1. The highest BCUT2D eigenvalue weighted by Gasteiger charge is 2.54. The van der Waals surface area contributed by atoms with Crippen LogP contribution in [0.1, 0.15) is 0 Å². The maximum atomic E-state index is 13.6. The summed E-state index contributed by atoms with van der Waals surface area (Å²) in [5.41, 5.74) is 1.72. The third kappa shape index (κ3) is 5.43. The summed E-state index contributed by atoms with van der Waals surface area (Å²) >= 11 is 5.93. The number of fused-ring (bicyclic) bond motifs is 2. The van der Waals surface area contributed by atoms with Gasteiger partial charge in [-0.05, 0) is 50.2 Å². The van der Waals surface area contributed by atoms with Crippen LogP contribution in [-0.4, -0.2) is 61.2 Å². The third-order valence-corrected chi connectivity index (χ3v) is 6.77. The largest absolute Gasteiger partial charge is 0.491 e. The summed E-state index contributed by atoms with van der Waals surface area (Å²) in [6.07, 6.45) is 4.72. The molecule has 1 aliphatic heterocycles. The lowest BCUT2D eigenvalue weighted by Gasteiger charge is -2.16. The van der Waals surface area contributed by atoms with Gasteiger partial charge in [-0.3, -0.25) is 4.79 Å². The molecule has 1 saturated heterocycles. The van der Waals surface area contributed by atoms with E-state index < -0.39 is 5.82 Å². The molecular formula is C26H27ClFN5O3. The van der Waals surface area contributed by atoms with Gasteiger partial charge in [-0.1, -0.05) is 17.7 Å². The summed E-state index contributed by atoms with van der Waals surface area (Å²) in [6, 6.07) is 7.92. The van der Waals surface area contributed by atoms with Crippen LogP contribution in [0.4, 0.5) is 21.6 Å². The summed E-state index contributed by atoms with van der Waals surface area (Å²) in [5, 5.41) is 6.75. The highest BCUT2D eigenvalue weighted by Crippen LogP contribution is 2.51. The minimum Gasteiger partial charge on any atom is -0.491 e. The second-order valence-electron chi connectivity index (χ2n) is 9.34. The molecule has 2 aromatic carbocycles. The number of likely N-dealkylation sites (N-methyl/N-ethyl adjacent to an activating group) is 1. The maximum absolute atomic E-state index is 13.6. The van der Waals surface area contributed by atoms with Crippen LogP contribution in [-0.2, 0) is 9.53 Å². The maximum Gasteiger partial charge on any atom is 0.248 e. The highest BCUT2D eigenvalue weighted by atomic mass is 35.5. The molecule has 10 heteroatoms. The van der Waals surface area contributed by atoms with Crippen LogP contribution in [0, 0.1) is 23.6 Å². The molecule has 5 rings (SSSR count). The van der Waals surface area contributed by atoms with Gasteiger partial charge in [-0.15, -0.1) is 0 Å². The van der Waals surface area contributed by atoms with E-state index in [2.05, 4.69) is 20.6 Å². The van der Waals surface area contributed by atoms with E-state index >= 15 is 0 Å². The number of anilines is 3. The van der Waals surface area contributed by atoms with Crippen LogP contribution < -0.4 is 15.4 Å². The van der Waals surface area contributed by atoms with Crippen molar-refractivity contribution >= 4 is 45.6 Å². The Kier molecular flexibility index (Phi) is 7.04. The van der Waals surface area contributed by atoms with Gasteiger partial charge in [0.05, 0.1) is 36.0 Å². The van der Waals surface area contributed by atoms with Crippen molar-refractivity contribution in [2.24, 2.45) is 17.8 Å². The molecule has 1 aliphatic carbocycles. The van der Waals surface area contributed by atoms with Gasteiger partial charge in [0.2, 0.25) is 5.91 Å². The number of aromatic nitrogens is 2. The first-order valence-corrected chi connectivity index (χ1v) is 12.1. The fourth-order valence-electron chi connectivity index (χ4n) is 4.45. The highest BCUT2D eigenvalue weighted by molar-refractivity contribution is 6.31. The molecule has 3 aromatic rings. The molecule has 0 spiro atoms. The van der Waals surface area contributed by atoms with Crippen molar-refractivity contribution in [1.82, 2.24) is 14.9 Å². The summed E-state index contributed by atoms with van der Waals surface area (Å²) in [7, 11) is 3.86. The van der Waals surface area contributed by atoms with Crippen LogP contribution in [0.25, 0.3) is 10.9 Å². The van der Waals surface area contributed by atoms with Crippen LogP contribution in [0.3, 0.4) is 0 Å². The Labute approximate surface area is 213 Å². The number of ether oxygens (including phenoxy) is 2.